The maximum absolute atomic E-state index is 12.0. The van der Waals surface area contributed by atoms with Crippen LogP contribution >= 0.6 is 0 Å². The Balaban J connectivity index is 1.66. The molecule has 0 atom stereocenters. The van der Waals surface area contributed by atoms with Crippen molar-refractivity contribution in [3.8, 4) is 11.3 Å². The molecule has 0 radical (unpaired) electrons. The Labute approximate surface area is 141 Å². The van der Waals surface area contributed by atoms with E-state index in [1.54, 1.807) is 6.07 Å². The van der Waals surface area contributed by atoms with E-state index in [0.717, 1.165) is 24.1 Å². The molecule has 0 unspecified atom stereocenters. The van der Waals surface area contributed by atoms with Gasteiger partial charge in [-0.1, -0.05) is 42.7 Å². The van der Waals surface area contributed by atoms with Crippen molar-refractivity contribution in [1.82, 2.24) is 15.1 Å². The summed E-state index contributed by atoms with van der Waals surface area (Å²) >= 11 is 0. The zero-order chi connectivity index (χ0) is 16.9. The third kappa shape index (κ3) is 4.10. The molecule has 1 aromatic carbocycles. The number of hydrogen-bond donors (Lipinski definition) is 1. The van der Waals surface area contributed by atoms with Gasteiger partial charge < -0.3 is 5.32 Å². The highest BCUT2D eigenvalue weighted by atomic mass is 16.2. The van der Waals surface area contributed by atoms with E-state index in [9.17, 15) is 9.59 Å². The van der Waals surface area contributed by atoms with Gasteiger partial charge in [0.1, 0.15) is 0 Å². The Morgan fingerprint density at radius 3 is 2.58 bits per heavy atom. The lowest BCUT2D eigenvalue weighted by Gasteiger charge is -2.12. The van der Waals surface area contributed by atoms with Crippen LogP contribution in [0.15, 0.2) is 41.2 Å². The van der Waals surface area contributed by atoms with Gasteiger partial charge in [0, 0.05) is 24.1 Å². The van der Waals surface area contributed by atoms with E-state index >= 15 is 0 Å². The number of hydrogen-bond acceptors (Lipinski definition) is 3. The lowest BCUT2D eigenvalue weighted by Crippen LogP contribution is -2.34. The minimum atomic E-state index is -0.181. The first-order valence-electron chi connectivity index (χ1n) is 8.56. The molecule has 0 bridgehead atoms. The zero-order valence-corrected chi connectivity index (χ0v) is 14.0. The van der Waals surface area contributed by atoms with Crippen LogP contribution < -0.4 is 10.9 Å². The molecule has 1 aliphatic carbocycles. The molecule has 1 fully saturated rings. The quantitative estimate of drug-likeness (QED) is 0.919. The van der Waals surface area contributed by atoms with Gasteiger partial charge in [0.25, 0.3) is 5.56 Å². The standard InChI is InChI=1S/C19H23N3O2/c1-14-6-8-15(9-7-14)17-10-11-19(24)22(21-17)13-12-18(23)20-16-4-2-3-5-16/h6-11,16H,2-5,12-13H2,1H3,(H,20,23). The summed E-state index contributed by atoms with van der Waals surface area (Å²) in [6.07, 6.45) is 4.77. The number of amides is 1. The Hall–Kier alpha value is -2.43. The average Bonchev–Trinajstić information content (AvgIpc) is 3.08. The Morgan fingerprint density at radius 2 is 1.88 bits per heavy atom. The van der Waals surface area contributed by atoms with E-state index in [4.69, 9.17) is 0 Å². The first-order valence-corrected chi connectivity index (χ1v) is 8.56. The smallest absolute Gasteiger partial charge is 0.266 e. The monoisotopic (exact) mass is 325 g/mol. The molecule has 1 amide bonds. The molecule has 24 heavy (non-hydrogen) atoms. The van der Waals surface area contributed by atoms with Gasteiger partial charge in [-0.25, -0.2) is 4.68 Å². The molecule has 1 saturated carbocycles. The minimum absolute atomic E-state index is 0.00339. The fraction of sp³-hybridized carbons (Fsp3) is 0.421. The normalized spacial score (nSPS) is 14.7. The van der Waals surface area contributed by atoms with Crippen LogP contribution in [0.5, 0.6) is 0 Å². The molecule has 3 rings (SSSR count). The number of carbonyl (C=O) groups excluding carboxylic acids is 1. The van der Waals surface area contributed by atoms with Gasteiger partial charge in [0.15, 0.2) is 0 Å². The number of carbonyl (C=O) groups is 1. The summed E-state index contributed by atoms with van der Waals surface area (Å²) in [6.45, 7) is 2.33. The summed E-state index contributed by atoms with van der Waals surface area (Å²) in [5, 5.41) is 7.44. The third-order valence-electron chi connectivity index (χ3n) is 4.48. The largest absolute Gasteiger partial charge is 0.353 e. The molecule has 126 valence electrons. The van der Waals surface area contributed by atoms with Crippen LogP contribution in [-0.2, 0) is 11.3 Å². The lowest BCUT2D eigenvalue weighted by molar-refractivity contribution is -0.122. The predicted molar refractivity (Wildman–Crippen MR) is 93.7 cm³/mol. The summed E-state index contributed by atoms with van der Waals surface area (Å²) in [5.41, 5.74) is 2.70. The highest BCUT2D eigenvalue weighted by Crippen LogP contribution is 2.18. The van der Waals surface area contributed by atoms with E-state index in [-0.39, 0.29) is 17.9 Å². The van der Waals surface area contributed by atoms with Gasteiger partial charge in [-0.05, 0) is 25.8 Å². The number of aromatic nitrogens is 2. The second-order valence-corrected chi connectivity index (χ2v) is 6.44. The zero-order valence-electron chi connectivity index (χ0n) is 14.0. The molecule has 1 aromatic heterocycles. The Bertz CT molecular complexity index is 759. The van der Waals surface area contributed by atoms with Gasteiger partial charge in [0.05, 0.1) is 12.2 Å². The molecule has 1 aliphatic rings. The van der Waals surface area contributed by atoms with E-state index < -0.39 is 0 Å². The topological polar surface area (TPSA) is 64.0 Å². The summed E-state index contributed by atoms with van der Waals surface area (Å²) in [6, 6.07) is 11.5. The molecule has 0 spiro atoms. The fourth-order valence-electron chi connectivity index (χ4n) is 3.06. The highest BCUT2D eigenvalue weighted by Gasteiger charge is 2.17. The molecule has 0 saturated heterocycles. The lowest BCUT2D eigenvalue weighted by atomic mass is 10.1. The SMILES string of the molecule is Cc1ccc(-c2ccc(=O)n(CCC(=O)NC3CCCC3)n2)cc1. The molecule has 2 aromatic rings. The molecule has 5 nitrogen and oxygen atoms in total. The molecular weight excluding hydrogens is 302 g/mol. The van der Waals surface area contributed by atoms with Crippen molar-refractivity contribution in [1.29, 1.82) is 0 Å². The van der Waals surface area contributed by atoms with Crippen molar-refractivity contribution < 1.29 is 4.79 Å². The first kappa shape index (κ1) is 16.4. The van der Waals surface area contributed by atoms with E-state index in [2.05, 4.69) is 10.4 Å². The molecule has 5 heteroatoms. The van der Waals surface area contributed by atoms with Crippen molar-refractivity contribution in [2.24, 2.45) is 0 Å². The maximum atomic E-state index is 12.0. The number of benzene rings is 1. The third-order valence-corrected chi connectivity index (χ3v) is 4.48. The number of nitrogens with one attached hydrogen (secondary N) is 1. The van der Waals surface area contributed by atoms with Crippen LogP contribution in [-0.4, -0.2) is 21.7 Å². The summed E-state index contributed by atoms with van der Waals surface area (Å²) in [4.78, 5) is 24.0. The summed E-state index contributed by atoms with van der Waals surface area (Å²) < 4.78 is 1.38. The van der Waals surface area contributed by atoms with E-state index in [1.165, 1.54) is 29.2 Å². The average molecular weight is 325 g/mol. The van der Waals surface area contributed by atoms with Crippen molar-refractivity contribution >= 4 is 5.91 Å². The Kier molecular flexibility index (Phi) is 5.08. The fourth-order valence-corrected chi connectivity index (χ4v) is 3.06. The molecule has 1 N–H and O–H groups in total. The predicted octanol–water partition coefficient (Wildman–Crippen LogP) is 2.67. The van der Waals surface area contributed by atoms with Crippen LogP contribution in [0, 0.1) is 6.92 Å². The van der Waals surface area contributed by atoms with Gasteiger partial charge in [-0.3, -0.25) is 9.59 Å². The van der Waals surface area contributed by atoms with Crippen molar-refractivity contribution in [3.05, 3.63) is 52.3 Å². The van der Waals surface area contributed by atoms with E-state index in [0.29, 0.717) is 12.6 Å². The maximum Gasteiger partial charge on any atom is 0.266 e. The van der Waals surface area contributed by atoms with Crippen LogP contribution in [0.4, 0.5) is 0 Å². The van der Waals surface area contributed by atoms with Crippen molar-refractivity contribution in [2.75, 3.05) is 0 Å². The van der Waals surface area contributed by atoms with Crippen LogP contribution in [0.25, 0.3) is 11.3 Å². The number of aryl methyl sites for hydroxylation is 2. The van der Waals surface area contributed by atoms with Crippen molar-refractivity contribution in [2.45, 2.75) is 51.6 Å². The van der Waals surface area contributed by atoms with Crippen molar-refractivity contribution in [3.63, 3.8) is 0 Å². The molecular formula is C19H23N3O2. The molecule has 1 heterocycles. The van der Waals surface area contributed by atoms with Gasteiger partial charge in [0.2, 0.25) is 5.91 Å². The molecule has 0 aliphatic heterocycles. The van der Waals surface area contributed by atoms with Gasteiger partial charge in [-0.2, -0.15) is 5.10 Å². The number of nitrogens with zero attached hydrogens (tertiary/aromatic N) is 2. The summed E-state index contributed by atoms with van der Waals surface area (Å²) in [5.74, 6) is -0.00339. The van der Waals surface area contributed by atoms with Crippen LogP contribution in [0.2, 0.25) is 0 Å². The minimum Gasteiger partial charge on any atom is -0.353 e. The van der Waals surface area contributed by atoms with E-state index in [1.807, 2.05) is 31.2 Å². The Morgan fingerprint density at radius 1 is 1.17 bits per heavy atom. The van der Waals surface area contributed by atoms with Gasteiger partial charge in [-0.15, -0.1) is 0 Å². The second-order valence-electron chi connectivity index (χ2n) is 6.44. The summed E-state index contributed by atoms with van der Waals surface area (Å²) in [7, 11) is 0. The first-order chi connectivity index (χ1) is 11.6. The second kappa shape index (κ2) is 7.43. The van der Waals surface area contributed by atoms with Gasteiger partial charge >= 0.3 is 0 Å². The number of rotatable bonds is 5. The van der Waals surface area contributed by atoms with Crippen LogP contribution in [0.1, 0.15) is 37.7 Å². The highest BCUT2D eigenvalue weighted by molar-refractivity contribution is 5.76. The van der Waals surface area contributed by atoms with Crippen LogP contribution in [0.3, 0.4) is 0 Å².